The van der Waals surface area contributed by atoms with Gasteiger partial charge in [0.2, 0.25) is 0 Å². The molecule has 140 valence electrons. The van der Waals surface area contributed by atoms with E-state index in [0.717, 1.165) is 15.9 Å². The van der Waals surface area contributed by atoms with E-state index in [2.05, 4.69) is 4.99 Å². The Hall–Kier alpha value is -2.93. The van der Waals surface area contributed by atoms with E-state index < -0.39 is 0 Å². The Balaban J connectivity index is 2.01. The largest absolute Gasteiger partial charge is 0.465 e. The third-order valence-electron chi connectivity index (χ3n) is 4.01. The summed E-state index contributed by atoms with van der Waals surface area (Å²) in [5, 5.41) is 0. The van der Waals surface area contributed by atoms with Gasteiger partial charge in [-0.3, -0.25) is 9.59 Å². The topological polar surface area (TPSA) is 63.9 Å². The average molecular weight is 383 g/mol. The minimum absolute atomic E-state index is 0.0174. The zero-order valence-electron chi connectivity index (χ0n) is 15.5. The third-order valence-corrected chi connectivity index (χ3v) is 5.07. The van der Waals surface area contributed by atoms with Crippen LogP contribution < -0.4 is 9.70 Å². The number of amides is 1. The van der Waals surface area contributed by atoms with Crippen molar-refractivity contribution in [2.45, 2.75) is 13.5 Å². The minimum Gasteiger partial charge on any atom is -0.465 e. The number of ether oxygens (including phenoxy) is 1. The van der Waals surface area contributed by atoms with Crippen molar-refractivity contribution in [2.24, 2.45) is 4.99 Å². The lowest BCUT2D eigenvalue weighted by Gasteiger charge is -2.11. The molecule has 0 aliphatic rings. The standard InChI is InChI=1S/C20H21N3O3S/c1-4-26-18(24)13-23-16-7-5-6-8-17(16)27-20(23)21-19(25)14-9-11-15(12-10-14)22(2)3/h5-12H,4,13H2,1-3H3. The van der Waals surface area contributed by atoms with Crippen molar-refractivity contribution in [2.75, 3.05) is 25.6 Å². The fourth-order valence-corrected chi connectivity index (χ4v) is 3.68. The van der Waals surface area contributed by atoms with Crippen LogP contribution >= 0.6 is 11.3 Å². The SMILES string of the molecule is CCOC(=O)Cn1c(=NC(=O)c2ccc(N(C)C)cc2)sc2ccccc21. The van der Waals surface area contributed by atoms with Crippen LogP contribution in [0.25, 0.3) is 10.2 Å². The molecule has 3 rings (SSSR count). The number of carbonyl (C=O) groups is 2. The number of fused-ring (bicyclic) bond motifs is 1. The molecule has 0 unspecified atom stereocenters. The number of benzene rings is 2. The van der Waals surface area contributed by atoms with E-state index in [4.69, 9.17) is 4.74 Å². The summed E-state index contributed by atoms with van der Waals surface area (Å²) in [6, 6.07) is 14.9. The summed E-state index contributed by atoms with van der Waals surface area (Å²) in [4.78, 5) is 31.3. The predicted molar refractivity (Wildman–Crippen MR) is 107 cm³/mol. The van der Waals surface area contributed by atoms with Crippen molar-refractivity contribution in [3.05, 3.63) is 58.9 Å². The Morgan fingerprint density at radius 3 is 2.48 bits per heavy atom. The summed E-state index contributed by atoms with van der Waals surface area (Å²) in [6.45, 7) is 2.09. The summed E-state index contributed by atoms with van der Waals surface area (Å²) >= 11 is 1.37. The molecular weight excluding hydrogens is 362 g/mol. The number of rotatable bonds is 5. The lowest BCUT2D eigenvalue weighted by Crippen LogP contribution is -2.23. The number of aromatic nitrogens is 1. The molecule has 0 bridgehead atoms. The lowest BCUT2D eigenvalue weighted by molar-refractivity contribution is -0.143. The van der Waals surface area contributed by atoms with Gasteiger partial charge in [-0.25, -0.2) is 0 Å². The molecule has 0 aliphatic carbocycles. The van der Waals surface area contributed by atoms with Crippen LogP contribution in [0.3, 0.4) is 0 Å². The predicted octanol–water partition coefficient (Wildman–Crippen LogP) is 3.07. The second kappa shape index (κ2) is 8.18. The zero-order chi connectivity index (χ0) is 19.4. The van der Waals surface area contributed by atoms with Gasteiger partial charge in [-0.05, 0) is 43.3 Å². The number of thiazole rings is 1. The van der Waals surface area contributed by atoms with Crippen molar-refractivity contribution in [1.29, 1.82) is 0 Å². The van der Waals surface area contributed by atoms with Crippen molar-refractivity contribution >= 4 is 39.1 Å². The third kappa shape index (κ3) is 4.25. The van der Waals surface area contributed by atoms with E-state index in [1.165, 1.54) is 11.3 Å². The number of para-hydroxylation sites is 1. The van der Waals surface area contributed by atoms with Crippen molar-refractivity contribution in [3.63, 3.8) is 0 Å². The highest BCUT2D eigenvalue weighted by molar-refractivity contribution is 7.16. The molecule has 0 atom stereocenters. The summed E-state index contributed by atoms with van der Waals surface area (Å²) < 4.78 is 7.74. The molecule has 1 aromatic heterocycles. The van der Waals surface area contributed by atoms with Crippen molar-refractivity contribution in [3.8, 4) is 0 Å². The first-order valence-electron chi connectivity index (χ1n) is 8.60. The maximum Gasteiger partial charge on any atom is 0.326 e. The monoisotopic (exact) mass is 383 g/mol. The van der Waals surface area contributed by atoms with Crippen molar-refractivity contribution in [1.82, 2.24) is 4.57 Å². The highest BCUT2D eigenvalue weighted by Crippen LogP contribution is 2.17. The van der Waals surface area contributed by atoms with Crippen LogP contribution in [0, 0.1) is 0 Å². The Labute approximate surface area is 161 Å². The smallest absolute Gasteiger partial charge is 0.326 e. The van der Waals surface area contributed by atoms with Crippen LogP contribution in [-0.4, -0.2) is 37.1 Å². The maximum absolute atomic E-state index is 12.6. The molecule has 2 aromatic carbocycles. The summed E-state index contributed by atoms with van der Waals surface area (Å²) in [5.74, 6) is -0.699. The fourth-order valence-electron chi connectivity index (χ4n) is 2.65. The van der Waals surface area contributed by atoms with Gasteiger partial charge >= 0.3 is 5.97 Å². The molecule has 0 saturated heterocycles. The van der Waals surface area contributed by atoms with Gasteiger partial charge in [0.25, 0.3) is 5.91 Å². The second-order valence-corrected chi connectivity index (χ2v) is 7.11. The molecular formula is C20H21N3O3S. The number of anilines is 1. The maximum atomic E-state index is 12.6. The summed E-state index contributed by atoms with van der Waals surface area (Å²) in [6.07, 6.45) is 0. The first-order chi connectivity index (χ1) is 13.0. The molecule has 6 nitrogen and oxygen atoms in total. The van der Waals surface area contributed by atoms with E-state index in [-0.39, 0.29) is 18.4 Å². The highest BCUT2D eigenvalue weighted by atomic mass is 32.1. The fraction of sp³-hybridized carbons (Fsp3) is 0.250. The zero-order valence-corrected chi connectivity index (χ0v) is 16.3. The molecule has 0 N–H and O–H groups in total. The van der Waals surface area contributed by atoms with Gasteiger partial charge in [0, 0.05) is 25.3 Å². The normalized spacial score (nSPS) is 11.6. The Kier molecular flexibility index (Phi) is 5.71. The van der Waals surface area contributed by atoms with Crippen LogP contribution in [0.4, 0.5) is 5.69 Å². The first kappa shape index (κ1) is 18.8. The number of hydrogen-bond acceptors (Lipinski definition) is 5. The lowest BCUT2D eigenvalue weighted by atomic mass is 10.2. The Morgan fingerprint density at radius 1 is 1.11 bits per heavy atom. The molecule has 0 fully saturated rings. The van der Waals surface area contributed by atoms with Gasteiger partial charge in [0.05, 0.1) is 16.8 Å². The Morgan fingerprint density at radius 2 is 1.81 bits per heavy atom. The summed E-state index contributed by atoms with van der Waals surface area (Å²) in [5.41, 5.74) is 2.36. The van der Waals surface area contributed by atoms with Crippen LogP contribution in [0.15, 0.2) is 53.5 Å². The van der Waals surface area contributed by atoms with E-state index in [0.29, 0.717) is 17.0 Å². The molecule has 27 heavy (non-hydrogen) atoms. The molecule has 3 aromatic rings. The minimum atomic E-state index is -0.356. The van der Waals surface area contributed by atoms with E-state index in [1.807, 2.05) is 55.4 Å². The van der Waals surface area contributed by atoms with Crippen molar-refractivity contribution < 1.29 is 14.3 Å². The van der Waals surface area contributed by atoms with E-state index in [1.54, 1.807) is 23.6 Å². The summed E-state index contributed by atoms with van der Waals surface area (Å²) in [7, 11) is 3.88. The first-order valence-corrected chi connectivity index (χ1v) is 9.41. The molecule has 0 saturated carbocycles. The van der Waals surface area contributed by atoms with E-state index >= 15 is 0 Å². The van der Waals surface area contributed by atoms with Gasteiger partial charge in [0.15, 0.2) is 4.80 Å². The van der Waals surface area contributed by atoms with Gasteiger partial charge in [0.1, 0.15) is 6.54 Å². The highest BCUT2D eigenvalue weighted by Gasteiger charge is 2.12. The second-order valence-electron chi connectivity index (χ2n) is 6.10. The van der Waals surface area contributed by atoms with Crippen LogP contribution in [0.5, 0.6) is 0 Å². The van der Waals surface area contributed by atoms with Gasteiger partial charge in [-0.15, -0.1) is 0 Å². The molecule has 7 heteroatoms. The molecule has 0 radical (unpaired) electrons. The Bertz CT molecular complexity index is 1030. The van der Waals surface area contributed by atoms with Gasteiger partial charge < -0.3 is 14.2 Å². The van der Waals surface area contributed by atoms with E-state index in [9.17, 15) is 9.59 Å². The number of hydrogen-bond donors (Lipinski definition) is 0. The molecule has 0 spiro atoms. The molecule has 0 aliphatic heterocycles. The van der Waals surface area contributed by atoms with Crippen LogP contribution in [-0.2, 0) is 16.1 Å². The van der Waals surface area contributed by atoms with Gasteiger partial charge in [-0.1, -0.05) is 23.5 Å². The number of esters is 1. The van der Waals surface area contributed by atoms with Crippen LogP contribution in [0.2, 0.25) is 0 Å². The number of nitrogens with zero attached hydrogens (tertiary/aromatic N) is 3. The molecule has 1 heterocycles. The van der Waals surface area contributed by atoms with Crippen LogP contribution in [0.1, 0.15) is 17.3 Å². The van der Waals surface area contributed by atoms with Gasteiger partial charge in [-0.2, -0.15) is 4.99 Å². The quantitative estimate of drug-likeness (QED) is 0.635. The molecule has 1 amide bonds. The number of carbonyl (C=O) groups excluding carboxylic acids is 2. The average Bonchev–Trinajstić information content (AvgIpc) is 2.99.